The number of benzene rings is 1. The van der Waals surface area contributed by atoms with Crippen molar-refractivity contribution < 1.29 is 5.11 Å². The summed E-state index contributed by atoms with van der Waals surface area (Å²) in [6.07, 6.45) is 1.36. The van der Waals surface area contributed by atoms with Gasteiger partial charge in [-0.05, 0) is 12.1 Å². The van der Waals surface area contributed by atoms with Gasteiger partial charge < -0.3 is 10.8 Å². The number of aromatic hydroxyl groups is 1. The van der Waals surface area contributed by atoms with Gasteiger partial charge in [-0.15, -0.1) is 0 Å². The van der Waals surface area contributed by atoms with E-state index in [0.29, 0.717) is 28.1 Å². The van der Waals surface area contributed by atoms with Crippen molar-refractivity contribution in [2.24, 2.45) is 0 Å². The zero-order valence-corrected chi connectivity index (χ0v) is 9.81. The molecule has 0 amide bonds. The van der Waals surface area contributed by atoms with Gasteiger partial charge in [0.2, 0.25) is 0 Å². The molecule has 0 aliphatic heterocycles. The fourth-order valence-electron chi connectivity index (χ4n) is 1.75. The summed E-state index contributed by atoms with van der Waals surface area (Å²) in [6.45, 7) is 0. The lowest BCUT2D eigenvalue weighted by Crippen LogP contribution is -1.92. The van der Waals surface area contributed by atoms with Crippen LogP contribution in [0.3, 0.4) is 0 Å². The van der Waals surface area contributed by atoms with Crippen LogP contribution in [0.2, 0.25) is 5.02 Å². The summed E-state index contributed by atoms with van der Waals surface area (Å²) >= 11 is 5.76. The number of nitrogen functional groups attached to an aromatic ring is 1. The lowest BCUT2D eigenvalue weighted by atomic mass is 10.1. The van der Waals surface area contributed by atoms with Crippen LogP contribution in [0.15, 0.2) is 24.5 Å². The van der Waals surface area contributed by atoms with Gasteiger partial charge in [0.15, 0.2) is 5.65 Å². The molecule has 0 bridgehead atoms. The topological polar surface area (TPSA) is 101 Å². The summed E-state index contributed by atoms with van der Waals surface area (Å²) < 4.78 is 0. The highest BCUT2D eigenvalue weighted by molar-refractivity contribution is 6.32. The Morgan fingerprint density at radius 1 is 1.28 bits per heavy atom. The molecule has 6 nitrogen and oxygen atoms in total. The summed E-state index contributed by atoms with van der Waals surface area (Å²) in [5.41, 5.74) is 7.62. The minimum Gasteiger partial charge on any atom is -0.506 e. The maximum Gasteiger partial charge on any atom is 0.161 e. The van der Waals surface area contributed by atoms with Crippen molar-refractivity contribution >= 4 is 28.5 Å². The van der Waals surface area contributed by atoms with E-state index in [1.165, 1.54) is 12.4 Å². The highest BCUT2D eigenvalue weighted by Gasteiger charge is 2.13. The van der Waals surface area contributed by atoms with E-state index in [9.17, 15) is 5.11 Å². The number of halogens is 1. The zero-order valence-electron chi connectivity index (χ0n) is 9.05. The molecule has 0 atom stereocenters. The highest BCUT2D eigenvalue weighted by atomic mass is 35.5. The summed E-state index contributed by atoms with van der Waals surface area (Å²) in [5.74, 6) is 0.318. The second-order valence-corrected chi connectivity index (χ2v) is 4.13. The fraction of sp³-hybridized carbons (Fsp3) is 0. The van der Waals surface area contributed by atoms with Crippen LogP contribution in [0.25, 0.3) is 22.3 Å². The van der Waals surface area contributed by atoms with Crippen LogP contribution in [-0.4, -0.2) is 25.3 Å². The molecule has 0 saturated heterocycles. The van der Waals surface area contributed by atoms with Gasteiger partial charge in [-0.2, -0.15) is 5.10 Å². The SMILES string of the molecule is Nc1ncnc2[nH]nc(-c3ccc(Cl)c(O)c3)c12. The molecular weight excluding hydrogens is 254 g/mol. The normalized spacial score (nSPS) is 10.9. The van der Waals surface area contributed by atoms with Crippen molar-refractivity contribution in [2.45, 2.75) is 0 Å². The number of H-pyrrole nitrogens is 1. The molecule has 3 aromatic rings. The first-order valence-electron chi connectivity index (χ1n) is 5.10. The van der Waals surface area contributed by atoms with Crippen molar-refractivity contribution in [3.05, 3.63) is 29.5 Å². The molecule has 7 heteroatoms. The van der Waals surface area contributed by atoms with Crippen molar-refractivity contribution in [3.8, 4) is 17.0 Å². The minimum atomic E-state index is -0.0132. The van der Waals surface area contributed by atoms with Crippen LogP contribution in [0, 0.1) is 0 Å². The van der Waals surface area contributed by atoms with Crippen molar-refractivity contribution in [3.63, 3.8) is 0 Å². The number of aromatic amines is 1. The van der Waals surface area contributed by atoms with Crippen LogP contribution >= 0.6 is 11.6 Å². The van der Waals surface area contributed by atoms with Crippen LogP contribution < -0.4 is 5.73 Å². The molecule has 2 heterocycles. The number of nitrogens with two attached hydrogens (primary N) is 1. The molecule has 4 N–H and O–H groups in total. The molecule has 0 aliphatic rings. The summed E-state index contributed by atoms with van der Waals surface area (Å²) in [7, 11) is 0. The van der Waals surface area contributed by atoms with Gasteiger partial charge in [0.1, 0.15) is 23.6 Å². The van der Waals surface area contributed by atoms with E-state index in [2.05, 4.69) is 20.2 Å². The molecule has 0 saturated carbocycles. The van der Waals surface area contributed by atoms with Gasteiger partial charge in [-0.3, -0.25) is 5.10 Å². The van der Waals surface area contributed by atoms with Gasteiger partial charge in [-0.25, -0.2) is 9.97 Å². The third-order valence-corrected chi connectivity index (χ3v) is 2.93. The number of phenolic OH excluding ortho intramolecular Hbond substituents is 1. The first-order valence-corrected chi connectivity index (χ1v) is 5.48. The predicted molar refractivity (Wildman–Crippen MR) is 68.2 cm³/mol. The molecule has 18 heavy (non-hydrogen) atoms. The van der Waals surface area contributed by atoms with Crippen LogP contribution in [0.4, 0.5) is 5.82 Å². The lowest BCUT2D eigenvalue weighted by Gasteiger charge is -2.01. The van der Waals surface area contributed by atoms with Crippen molar-refractivity contribution in [1.29, 1.82) is 0 Å². The number of nitrogens with one attached hydrogen (secondary N) is 1. The summed E-state index contributed by atoms with van der Waals surface area (Å²) in [6, 6.07) is 4.85. The lowest BCUT2D eigenvalue weighted by molar-refractivity contribution is 0.476. The number of rotatable bonds is 1. The van der Waals surface area contributed by atoms with Gasteiger partial charge in [0, 0.05) is 5.56 Å². The number of phenols is 1. The van der Waals surface area contributed by atoms with E-state index in [0.717, 1.165) is 0 Å². The van der Waals surface area contributed by atoms with E-state index < -0.39 is 0 Å². The van der Waals surface area contributed by atoms with Crippen LogP contribution in [0.5, 0.6) is 5.75 Å². The van der Waals surface area contributed by atoms with E-state index in [4.69, 9.17) is 17.3 Å². The highest BCUT2D eigenvalue weighted by Crippen LogP contribution is 2.33. The number of anilines is 1. The maximum absolute atomic E-state index is 9.61. The summed E-state index contributed by atoms with van der Waals surface area (Å²) in [5, 5.41) is 17.4. The van der Waals surface area contributed by atoms with E-state index in [1.807, 2.05) is 0 Å². The number of hydrogen-bond acceptors (Lipinski definition) is 5. The van der Waals surface area contributed by atoms with Gasteiger partial charge in [0.25, 0.3) is 0 Å². The number of hydrogen-bond donors (Lipinski definition) is 3. The van der Waals surface area contributed by atoms with Crippen LogP contribution in [0.1, 0.15) is 0 Å². The molecule has 0 spiro atoms. The first-order chi connectivity index (χ1) is 8.66. The molecule has 2 aromatic heterocycles. The van der Waals surface area contributed by atoms with E-state index in [1.54, 1.807) is 12.1 Å². The third-order valence-electron chi connectivity index (χ3n) is 2.61. The molecule has 0 radical (unpaired) electrons. The Morgan fingerprint density at radius 3 is 2.89 bits per heavy atom. The molecule has 90 valence electrons. The van der Waals surface area contributed by atoms with Gasteiger partial charge in [-0.1, -0.05) is 17.7 Å². The minimum absolute atomic E-state index is 0.0132. The van der Waals surface area contributed by atoms with E-state index in [-0.39, 0.29) is 10.8 Å². The average molecular weight is 262 g/mol. The Hall–Kier alpha value is -2.34. The first kappa shape index (κ1) is 10.8. The van der Waals surface area contributed by atoms with Crippen molar-refractivity contribution in [1.82, 2.24) is 20.2 Å². The molecule has 0 fully saturated rings. The monoisotopic (exact) mass is 261 g/mol. The fourth-order valence-corrected chi connectivity index (χ4v) is 1.87. The number of aromatic nitrogens is 4. The Labute approximate surface area is 106 Å². The zero-order chi connectivity index (χ0) is 12.7. The quantitative estimate of drug-likeness (QED) is 0.622. The largest absolute Gasteiger partial charge is 0.506 e. The molecule has 0 aliphatic carbocycles. The summed E-state index contributed by atoms with van der Waals surface area (Å²) in [4.78, 5) is 7.95. The van der Waals surface area contributed by atoms with Crippen molar-refractivity contribution in [2.75, 3.05) is 5.73 Å². The Bertz CT molecular complexity index is 739. The average Bonchev–Trinajstić information content (AvgIpc) is 2.78. The van der Waals surface area contributed by atoms with Crippen LogP contribution in [-0.2, 0) is 0 Å². The Balaban J connectivity index is 2.28. The predicted octanol–water partition coefficient (Wildman–Crippen LogP) is 1.96. The molecular formula is C11H8ClN5O. The number of fused-ring (bicyclic) bond motifs is 1. The Kier molecular flexibility index (Phi) is 2.31. The molecule has 0 unspecified atom stereocenters. The van der Waals surface area contributed by atoms with E-state index >= 15 is 0 Å². The second-order valence-electron chi connectivity index (χ2n) is 3.72. The molecule has 1 aromatic carbocycles. The number of nitrogens with zero attached hydrogens (tertiary/aromatic N) is 3. The van der Waals surface area contributed by atoms with Gasteiger partial charge >= 0.3 is 0 Å². The standard InChI is InChI=1S/C11H8ClN5O/c12-6-2-1-5(3-7(6)18)9-8-10(13)14-4-15-11(8)17-16-9/h1-4,18H,(H3,13,14,15,16,17). The Morgan fingerprint density at radius 2 is 2.11 bits per heavy atom. The third kappa shape index (κ3) is 1.54. The smallest absolute Gasteiger partial charge is 0.161 e. The molecule has 3 rings (SSSR count). The maximum atomic E-state index is 9.61. The second kappa shape index (κ2) is 3.85. The van der Waals surface area contributed by atoms with Gasteiger partial charge in [0.05, 0.1) is 10.4 Å².